The van der Waals surface area contributed by atoms with Crippen molar-refractivity contribution in [3.8, 4) is 5.75 Å². The van der Waals surface area contributed by atoms with Gasteiger partial charge in [-0.15, -0.1) is 0 Å². The van der Waals surface area contributed by atoms with Crippen molar-refractivity contribution in [1.29, 1.82) is 0 Å². The minimum Gasteiger partial charge on any atom is -0.492 e. The zero-order chi connectivity index (χ0) is 14.6. The van der Waals surface area contributed by atoms with Crippen molar-refractivity contribution in [2.75, 3.05) is 36.1 Å². The number of nitrogens with two attached hydrogens (primary N) is 1. The number of anilines is 1. The Hall–Kier alpha value is -0.920. The molecule has 1 aliphatic heterocycles. The van der Waals surface area contributed by atoms with Gasteiger partial charge in [0, 0.05) is 35.8 Å². The lowest BCUT2D eigenvalue weighted by atomic mass is 10.3. The third-order valence-electron chi connectivity index (χ3n) is 3.13. The molecule has 0 bridgehead atoms. The average Bonchev–Trinajstić information content (AvgIpc) is 2.39. The predicted molar refractivity (Wildman–Crippen MR) is 83.6 cm³/mol. The van der Waals surface area contributed by atoms with E-state index >= 15 is 0 Å². The first-order valence-electron chi connectivity index (χ1n) is 6.54. The Labute approximate surface area is 124 Å². The second-order valence-corrected chi connectivity index (χ2v) is 7.96. The maximum Gasteiger partial charge on any atom is 0.217 e. The molecule has 0 saturated carbocycles. The van der Waals surface area contributed by atoms with E-state index in [1.54, 1.807) is 40.3 Å². The number of thioether (sulfide) groups is 1. The van der Waals surface area contributed by atoms with Crippen LogP contribution in [0, 0.1) is 0 Å². The van der Waals surface area contributed by atoms with Crippen molar-refractivity contribution in [3.63, 3.8) is 0 Å². The van der Waals surface area contributed by atoms with Gasteiger partial charge < -0.3 is 10.5 Å². The molecule has 0 aliphatic carbocycles. The molecule has 1 aromatic rings. The normalized spacial score (nSPS) is 20.8. The number of benzene rings is 1. The fourth-order valence-corrected chi connectivity index (χ4v) is 4.86. The molecule has 0 spiro atoms. The first-order chi connectivity index (χ1) is 9.49. The number of hydrogen-bond acceptors (Lipinski definition) is 5. The predicted octanol–water partition coefficient (Wildman–Crippen LogP) is 1.41. The van der Waals surface area contributed by atoms with E-state index < -0.39 is 10.0 Å². The van der Waals surface area contributed by atoms with E-state index in [-0.39, 0.29) is 18.4 Å². The fraction of sp³-hybridized carbons (Fsp3) is 0.538. The van der Waals surface area contributed by atoms with Crippen LogP contribution in [0.15, 0.2) is 24.3 Å². The third kappa shape index (κ3) is 4.04. The molecule has 0 amide bonds. The lowest BCUT2D eigenvalue weighted by Crippen LogP contribution is -2.46. The molecule has 1 aliphatic rings. The molecule has 5 nitrogen and oxygen atoms in total. The van der Waals surface area contributed by atoms with Crippen LogP contribution in [0.3, 0.4) is 0 Å². The first kappa shape index (κ1) is 15.5. The third-order valence-corrected chi connectivity index (χ3v) is 6.26. The van der Waals surface area contributed by atoms with Crippen LogP contribution in [0.4, 0.5) is 5.69 Å². The fourth-order valence-electron chi connectivity index (χ4n) is 2.11. The summed E-state index contributed by atoms with van der Waals surface area (Å²) in [6.07, 6.45) is 0. The number of ether oxygens (including phenoxy) is 1. The zero-order valence-corrected chi connectivity index (χ0v) is 13.1. The molecule has 1 saturated heterocycles. The molecule has 7 heteroatoms. The molecular weight excluding hydrogens is 296 g/mol. The van der Waals surface area contributed by atoms with Crippen LogP contribution in [0.1, 0.15) is 6.92 Å². The summed E-state index contributed by atoms with van der Waals surface area (Å²) in [5.41, 5.74) is 6.25. The van der Waals surface area contributed by atoms with Gasteiger partial charge in [-0.2, -0.15) is 16.1 Å². The summed E-state index contributed by atoms with van der Waals surface area (Å²) < 4.78 is 31.6. The van der Waals surface area contributed by atoms with E-state index in [2.05, 4.69) is 0 Å². The maximum atomic E-state index is 12.3. The van der Waals surface area contributed by atoms with Gasteiger partial charge in [-0.05, 0) is 19.1 Å². The van der Waals surface area contributed by atoms with E-state index in [4.69, 9.17) is 10.5 Å². The minimum absolute atomic E-state index is 0.00317. The Morgan fingerprint density at radius 3 is 3.00 bits per heavy atom. The molecule has 1 heterocycles. The summed E-state index contributed by atoms with van der Waals surface area (Å²) in [5.74, 6) is 2.31. The Kier molecular flexibility index (Phi) is 5.17. The number of sulfonamides is 1. The quantitative estimate of drug-likeness (QED) is 0.832. The maximum absolute atomic E-state index is 12.3. The highest BCUT2D eigenvalue weighted by molar-refractivity contribution is 7.99. The van der Waals surface area contributed by atoms with Crippen molar-refractivity contribution in [2.45, 2.75) is 13.0 Å². The highest BCUT2D eigenvalue weighted by Crippen LogP contribution is 2.20. The Morgan fingerprint density at radius 2 is 2.30 bits per heavy atom. The van der Waals surface area contributed by atoms with Crippen LogP contribution in [0.25, 0.3) is 0 Å². The standard InChI is InChI=1S/C13H20N2O3S2/c1-11-10-19-7-5-15(11)20(16,17)8-6-18-13-4-2-3-12(14)9-13/h2-4,9,11H,5-8,10,14H2,1H3. The smallest absolute Gasteiger partial charge is 0.217 e. The van der Waals surface area contributed by atoms with Gasteiger partial charge in [0.2, 0.25) is 10.0 Å². The van der Waals surface area contributed by atoms with Gasteiger partial charge in [-0.25, -0.2) is 8.42 Å². The molecule has 1 fully saturated rings. The minimum atomic E-state index is -3.25. The van der Waals surface area contributed by atoms with Crippen molar-refractivity contribution >= 4 is 27.5 Å². The molecule has 20 heavy (non-hydrogen) atoms. The van der Waals surface area contributed by atoms with Gasteiger partial charge in [0.25, 0.3) is 0 Å². The van der Waals surface area contributed by atoms with Crippen LogP contribution in [-0.4, -0.2) is 49.2 Å². The van der Waals surface area contributed by atoms with Crippen LogP contribution in [-0.2, 0) is 10.0 Å². The van der Waals surface area contributed by atoms with Crippen LogP contribution in [0.2, 0.25) is 0 Å². The SMILES string of the molecule is CC1CSCCN1S(=O)(=O)CCOc1cccc(N)c1. The van der Waals surface area contributed by atoms with Crippen LogP contribution in [0.5, 0.6) is 5.75 Å². The summed E-state index contributed by atoms with van der Waals surface area (Å²) in [6.45, 7) is 2.68. The lowest BCUT2D eigenvalue weighted by molar-refractivity contribution is 0.327. The number of nitrogen functional groups attached to an aromatic ring is 1. The second kappa shape index (κ2) is 6.69. The zero-order valence-electron chi connectivity index (χ0n) is 11.5. The number of nitrogens with zero attached hydrogens (tertiary/aromatic N) is 1. The van der Waals surface area contributed by atoms with Crippen molar-refractivity contribution in [3.05, 3.63) is 24.3 Å². The van der Waals surface area contributed by atoms with Gasteiger partial charge in [-0.3, -0.25) is 0 Å². The molecule has 0 radical (unpaired) electrons. The Morgan fingerprint density at radius 1 is 1.50 bits per heavy atom. The van der Waals surface area contributed by atoms with Gasteiger partial charge >= 0.3 is 0 Å². The molecule has 2 N–H and O–H groups in total. The van der Waals surface area contributed by atoms with Gasteiger partial charge in [0.15, 0.2) is 0 Å². The topological polar surface area (TPSA) is 72.6 Å². The van der Waals surface area contributed by atoms with Gasteiger partial charge in [-0.1, -0.05) is 6.07 Å². The molecule has 1 aromatic carbocycles. The van der Waals surface area contributed by atoms with E-state index in [1.807, 2.05) is 6.92 Å². The Bertz CT molecular complexity index is 548. The van der Waals surface area contributed by atoms with Crippen molar-refractivity contribution < 1.29 is 13.2 Å². The summed E-state index contributed by atoms with van der Waals surface area (Å²) in [7, 11) is -3.25. The average molecular weight is 316 g/mol. The number of rotatable bonds is 5. The van der Waals surface area contributed by atoms with E-state index in [1.165, 1.54) is 0 Å². The van der Waals surface area contributed by atoms with Gasteiger partial charge in [0.1, 0.15) is 12.4 Å². The van der Waals surface area contributed by atoms with Gasteiger partial charge in [0.05, 0.1) is 5.75 Å². The largest absolute Gasteiger partial charge is 0.492 e. The molecule has 0 aromatic heterocycles. The highest BCUT2D eigenvalue weighted by Gasteiger charge is 2.29. The van der Waals surface area contributed by atoms with E-state index in [9.17, 15) is 8.42 Å². The summed E-state index contributed by atoms with van der Waals surface area (Å²) in [4.78, 5) is 0. The molecule has 1 unspecified atom stereocenters. The lowest BCUT2D eigenvalue weighted by Gasteiger charge is -2.31. The molecule has 112 valence electrons. The van der Waals surface area contributed by atoms with E-state index in [0.29, 0.717) is 18.0 Å². The first-order valence-corrected chi connectivity index (χ1v) is 9.31. The van der Waals surface area contributed by atoms with Crippen molar-refractivity contribution in [2.24, 2.45) is 0 Å². The molecule has 2 rings (SSSR count). The number of hydrogen-bond donors (Lipinski definition) is 1. The summed E-state index contributed by atoms with van der Waals surface area (Å²) >= 11 is 1.79. The monoisotopic (exact) mass is 316 g/mol. The van der Waals surface area contributed by atoms with E-state index in [0.717, 1.165) is 11.5 Å². The van der Waals surface area contributed by atoms with Crippen molar-refractivity contribution in [1.82, 2.24) is 4.31 Å². The summed E-state index contributed by atoms with van der Waals surface area (Å²) in [6, 6.07) is 7.06. The summed E-state index contributed by atoms with van der Waals surface area (Å²) in [5, 5.41) is 0. The van der Waals surface area contributed by atoms with Crippen LogP contribution < -0.4 is 10.5 Å². The highest BCUT2D eigenvalue weighted by atomic mass is 32.2. The van der Waals surface area contributed by atoms with Crippen LogP contribution >= 0.6 is 11.8 Å². The molecular formula is C13H20N2O3S2. The Balaban J connectivity index is 1.89. The second-order valence-electron chi connectivity index (χ2n) is 4.77. The molecule has 1 atom stereocenters.